The minimum atomic E-state index is -2.84. The number of aromatic nitrogens is 2. The molecule has 1 aliphatic rings. The summed E-state index contributed by atoms with van der Waals surface area (Å²) in [5.41, 5.74) is 0.328. The quantitative estimate of drug-likeness (QED) is 0.749. The number of anilines is 2. The van der Waals surface area contributed by atoms with Crippen molar-refractivity contribution in [3.63, 3.8) is 0 Å². The molecule has 25 heavy (non-hydrogen) atoms. The molecular formula is C18H21F3N4. The summed E-state index contributed by atoms with van der Waals surface area (Å²) in [4.78, 5) is 8.56. The topological polar surface area (TPSA) is 49.8 Å². The van der Waals surface area contributed by atoms with Gasteiger partial charge in [-0.3, -0.25) is 0 Å². The Labute approximate surface area is 144 Å². The summed E-state index contributed by atoms with van der Waals surface area (Å²) in [6.07, 6.45) is 1.27. The molecule has 0 unspecified atom stereocenters. The van der Waals surface area contributed by atoms with Crippen LogP contribution in [0.5, 0.6) is 0 Å². The van der Waals surface area contributed by atoms with Crippen molar-refractivity contribution in [1.82, 2.24) is 9.97 Å². The summed E-state index contributed by atoms with van der Waals surface area (Å²) in [6.45, 7) is 4.32. The molecule has 1 heterocycles. The Morgan fingerprint density at radius 1 is 1.24 bits per heavy atom. The number of nitrogens with zero attached hydrogens (tertiary/aromatic N) is 2. The summed E-state index contributed by atoms with van der Waals surface area (Å²) < 4.78 is 40.2. The van der Waals surface area contributed by atoms with E-state index in [0.29, 0.717) is 17.6 Å². The Kier molecular flexibility index (Phi) is 5.11. The van der Waals surface area contributed by atoms with Gasteiger partial charge in [-0.05, 0) is 32.6 Å². The second-order valence-electron chi connectivity index (χ2n) is 6.42. The van der Waals surface area contributed by atoms with Gasteiger partial charge in [-0.2, -0.15) is 0 Å². The van der Waals surface area contributed by atoms with E-state index in [1.165, 1.54) is 25.0 Å². The van der Waals surface area contributed by atoms with Gasteiger partial charge in [0, 0.05) is 12.1 Å². The highest BCUT2D eigenvalue weighted by Crippen LogP contribution is 2.32. The molecule has 1 saturated carbocycles. The van der Waals surface area contributed by atoms with Gasteiger partial charge in [-0.25, -0.2) is 23.1 Å². The van der Waals surface area contributed by atoms with Crippen molar-refractivity contribution in [2.45, 2.75) is 39.2 Å². The van der Waals surface area contributed by atoms with E-state index in [9.17, 15) is 13.2 Å². The van der Waals surface area contributed by atoms with Crippen LogP contribution in [0.2, 0.25) is 0 Å². The third kappa shape index (κ3) is 4.21. The molecule has 0 saturated heterocycles. The molecule has 3 rings (SSSR count). The van der Waals surface area contributed by atoms with Crippen LogP contribution >= 0.6 is 0 Å². The van der Waals surface area contributed by atoms with E-state index in [1.54, 1.807) is 20.0 Å². The fourth-order valence-electron chi connectivity index (χ4n) is 2.64. The lowest BCUT2D eigenvalue weighted by molar-refractivity contribution is 0.146. The molecular weight excluding hydrogens is 329 g/mol. The van der Waals surface area contributed by atoms with Gasteiger partial charge in [-0.1, -0.05) is 18.2 Å². The molecule has 0 spiro atoms. The van der Waals surface area contributed by atoms with E-state index in [0.717, 1.165) is 18.3 Å². The molecule has 7 heteroatoms. The van der Waals surface area contributed by atoms with Crippen LogP contribution in [0.3, 0.4) is 0 Å². The van der Waals surface area contributed by atoms with Crippen LogP contribution in [0, 0.1) is 18.7 Å². The molecule has 1 aliphatic carbocycles. The predicted octanol–water partition coefficient (Wildman–Crippen LogP) is 4.86. The Hall–Kier alpha value is -2.31. The van der Waals surface area contributed by atoms with Crippen molar-refractivity contribution in [3.05, 3.63) is 47.2 Å². The van der Waals surface area contributed by atoms with E-state index in [1.807, 2.05) is 0 Å². The smallest absolute Gasteiger partial charge is 0.266 e. The highest BCUT2D eigenvalue weighted by molar-refractivity contribution is 5.64. The summed E-state index contributed by atoms with van der Waals surface area (Å²) >= 11 is 0. The first kappa shape index (κ1) is 17.5. The molecule has 1 aromatic carbocycles. The highest BCUT2D eigenvalue weighted by atomic mass is 19.3. The SMILES string of the molecule is Cc1ncc(NCC2CC2)c(N[C@H](C)c2cccc(C(F)F)c2F)n1. The van der Waals surface area contributed by atoms with E-state index in [-0.39, 0.29) is 5.56 Å². The largest absolute Gasteiger partial charge is 0.381 e. The molecule has 2 N–H and O–H groups in total. The number of halogens is 3. The van der Waals surface area contributed by atoms with E-state index < -0.39 is 23.8 Å². The third-order valence-corrected chi connectivity index (χ3v) is 4.30. The van der Waals surface area contributed by atoms with Crippen LogP contribution < -0.4 is 10.6 Å². The van der Waals surface area contributed by atoms with Crippen LogP contribution in [0.1, 0.15) is 49.2 Å². The van der Waals surface area contributed by atoms with Gasteiger partial charge < -0.3 is 10.6 Å². The second-order valence-corrected chi connectivity index (χ2v) is 6.42. The van der Waals surface area contributed by atoms with Gasteiger partial charge in [0.2, 0.25) is 0 Å². The first-order chi connectivity index (χ1) is 12.0. The number of aryl methyl sites for hydroxylation is 1. The maximum atomic E-state index is 14.4. The van der Waals surface area contributed by atoms with Crippen LogP contribution in [0.4, 0.5) is 24.7 Å². The first-order valence-electron chi connectivity index (χ1n) is 8.36. The number of nitrogens with one attached hydrogen (secondary N) is 2. The molecule has 0 amide bonds. The monoisotopic (exact) mass is 350 g/mol. The standard InChI is InChI=1S/C18H21F3N4/c1-10(13-4-3-5-14(16(13)19)17(20)21)24-18-15(9-22-11(2)25-18)23-8-12-6-7-12/h3-5,9-10,12,17,23H,6-8H2,1-2H3,(H,22,24,25)/t10-/m1/s1. The molecule has 0 aliphatic heterocycles. The molecule has 2 aromatic rings. The predicted molar refractivity (Wildman–Crippen MR) is 91.4 cm³/mol. The van der Waals surface area contributed by atoms with E-state index in [2.05, 4.69) is 20.6 Å². The van der Waals surface area contributed by atoms with Gasteiger partial charge in [-0.15, -0.1) is 0 Å². The summed E-state index contributed by atoms with van der Waals surface area (Å²) in [7, 11) is 0. The molecule has 134 valence electrons. The van der Waals surface area contributed by atoms with Gasteiger partial charge in [0.15, 0.2) is 5.82 Å². The number of benzene rings is 1. The fraction of sp³-hybridized carbons (Fsp3) is 0.444. The average Bonchev–Trinajstić information content (AvgIpc) is 3.38. The normalized spacial score (nSPS) is 15.3. The zero-order chi connectivity index (χ0) is 18.0. The number of rotatable bonds is 7. The number of alkyl halides is 2. The summed E-state index contributed by atoms with van der Waals surface area (Å²) in [5.74, 6) is 0.915. The molecule has 4 nitrogen and oxygen atoms in total. The van der Waals surface area contributed by atoms with Crippen molar-refractivity contribution in [2.24, 2.45) is 5.92 Å². The Balaban J connectivity index is 1.81. The van der Waals surface area contributed by atoms with Crippen molar-refractivity contribution in [2.75, 3.05) is 17.2 Å². The summed E-state index contributed by atoms with van der Waals surface area (Å²) in [6, 6.07) is 3.53. The minimum absolute atomic E-state index is 0.183. The lowest BCUT2D eigenvalue weighted by atomic mass is 10.0. The minimum Gasteiger partial charge on any atom is -0.381 e. The Bertz CT molecular complexity index is 747. The zero-order valence-corrected chi connectivity index (χ0v) is 14.2. The maximum Gasteiger partial charge on any atom is 0.266 e. The van der Waals surface area contributed by atoms with Crippen molar-refractivity contribution in [1.29, 1.82) is 0 Å². The molecule has 0 radical (unpaired) electrons. The van der Waals surface area contributed by atoms with Crippen molar-refractivity contribution >= 4 is 11.5 Å². The van der Waals surface area contributed by atoms with E-state index >= 15 is 0 Å². The zero-order valence-electron chi connectivity index (χ0n) is 14.2. The molecule has 1 fully saturated rings. The Morgan fingerprint density at radius 2 is 1.96 bits per heavy atom. The highest BCUT2D eigenvalue weighted by Gasteiger charge is 2.23. The lowest BCUT2D eigenvalue weighted by Crippen LogP contribution is -2.14. The second kappa shape index (κ2) is 7.29. The summed E-state index contributed by atoms with van der Waals surface area (Å²) in [5, 5.41) is 6.42. The molecule has 1 atom stereocenters. The molecule has 0 bridgehead atoms. The van der Waals surface area contributed by atoms with Gasteiger partial charge >= 0.3 is 0 Å². The van der Waals surface area contributed by atoms with Crippen molar-refractivity contribution in [3.8, 4) is 0 Å². The lowest BCUT2D eigenvalue weighted by Gasteiger charge is -2.19. The van der Waals surface area contributed by atoms with Gasteiger partial charge in [0.05, 0.1) is 23.5 Å². The first-order valence-corrected chi connectivity index (χ1v) is 8.36. The van der Waals surface area contributed by atoms with Crippen LogP contribution in [-0.2, 0) is 0 Å². The number of hydrogen-bond donors (Lipinski definition) is 2. The fourth-order valence-corrected chi connectivity index (χ4v) is 2.64. The van der Waals surface area contributed by atoms with Gasteiger partial charge in [0.25, 0.3) is 6.43 Å². The van der Waals surface area contributed by atoms with Crippen LogP contribution in [0.15, 0.2) is 24.4 Å². The average molecular weight is 350 g/mol. The molecule has 1 aromatic heterocycles. The van der Waals surface area contributed by atoms with Crippen LogP contribution in [-0.4, -0.2) is 16.5 Å². The Morgan fingerprint density at radius 3 is 2.64 bits per heavy atom. The van der Waals surface area contributed by atoms with Crippen molar-refractivity contribution < 1.29 is 13.2 Å². The van der Waals surface area contributed by atoms with E-state index in [4.69, 9.17) is 0 Å². The third-order valence-electron chi connectivity index (χ3n) is 4.30. The maximum absolute atomic E-state index is 14.4. The van der Waals surface area contributed by atoms with Gasteiger partial charge in [0.1, 0.15) is 11.6 Å². The van der Waals surface area contributed by atoms with Crippen LogP contribution in [0.25, 0.3) is 0 Å². The number of hydrogen-bond acceptors (Lipinski definition) is 4.